The average molecular weight is 1030 g/mol. The van der Waals surface area contributed by atoms with Crippen LogP contribution in [0.4, 0.5) is 45.5 Å². The highest BCUT2D eigenvalue weighted by Gasteiger charge is 2.48. The minimum atomic E-state index is -0.608. The summed E-state index contributed by atoms with van der Waals surface area (Å²) in [6.45, 7) is 4.65. The summed E-state index contributed by atoms with van der Waals surface area (Å²) in [5.41, 5.74) is 16.9. The maximum atomic E-state index is 15.0. The first-order valence-corrected chi connectivity index (χ1v) is 27.3. The zero-order valence-electron chi connectivity index (χ0n) is 43.8. The number of fused-ring (bicyclic) bond motifs is 6. The second-order valence-corrected chi connectivity index (χ2v) is 20.8. The standard InChI is InChI=1S/C75H52N4O/c1-52-46-51-73(80)79(68-50-48-66(58-35-15-17-37-60(58)68)77-71-44-24-20-40-63(71)75(55-30-10-4-11-31-55,56-32-12-5-13-33-56)64-41-21-25-45-72(64)77)78(52)67-49-47-65(57-34-14-16-36-59(57)67)76-69-42-22-18-38-61(69)74(53-26-6-2-7-27-53,54-28-8-3-9-29-54)62-39-19-23-43-70(62)76/h2-51H,1H2. The van der Waals surface area contributed by atoms with Crippen LogP contribution in [0.5, 0.6) is 0 Å². The molecule has 0 saturated heterocycles. The van der Waals surface area contributed by atoms with E-state index >= 15 is 0 Å². The second kappa shape index (κ2) is 18.6. The van der Waals surface area contributed by atoms with Crippen LogP contribution in [-0.2, 0) is 15.6 Å². The van der Waals surface area contributed by atoms with Crippen molar-refractivity contribution in [2.24, 2.45) is 0 Å². The first kappa shape index (κ1) is 46.8. The third kappa shape index (κ3) is 6.74. The van der Waals surface area contributed by atoms with Gasteiger partial charge < -0.3 is 9.80 Å². The molecule has 378 valence electrons. The van der Waals surface area contributed by atoms with Gasteiger partial charge in [0.15, 0.2) is 0 Å². The van der Waals surface area contributed by atoms with Crippen molar-refractivity contribution in [1.29, 1.82) is 0 Å². The van der Waals surface area contributed by atoms with Gasteiger partial charge in [-0.3, -0.25) is 4.79 Å². The normalized spacial score (nSPS) is 14.8. The minimum Gasteiger partial charge on any atom is -0.309 e. The maximum absolute atomic E-state index is 15.0. The van der Waals surface area contributed by atoms with Crippen molar-refractivity contribution in [3.63, 3.8) is 0 Å². The van der Waals surface area contributed by atoms with Crippen LogP contribution < -0.4 is 19.8 Å². The molecular formula is C75H52N4O. The monoisotopic (exact) mass is 1020 g/mol. The predicted molar refractivity (Wildman–Crippen MR) is 329 cm³/mol. The first-order chi connectivity index (χ1) is 39.6. The highest BCUT2D eigenvalue weighted by atomic mass is 16.2. The van der Waals surface area contributed by atoms with Crippen LogP contribution in [-0.4, -0.2) is 5.91 Å². The van der Waals surface area contributed by atoms with Crippen LogP contribution in [0.1, 0.15) is 44.5 Å². The molecule has 3 heterocycles. The van der Waals surface area contributed by atoms with Crippen molar-refractivity contribution >= 4 is 73.0 Å². The van der Waals surface area contributed by atoms with Gasteiger partial charge >= 0.3 is 0 Å². The van der Waals surface area contributed by atoms with Crippen molar-refractivity contribution in [1.82, 2.24) is 0 Å². The van der Waals surface area contributed by atoms with Crippen LogP contribution in [0.2, 0.25) is 0 Å². The Balaban J connectivity index is 0.893. The lowest BCUT2D eigenvalue weighted by atomic mass is 9.62. The Labute approximate surface area is 466 Å². The van der Waals surface area contributed by atoms with Crippen molar-refractivity contribution in [3.05, 3.63) is 360 Å². The van der Waals surface area contributed by atoms with Crippen molar-refractivity contribution in [3.8, 4) is 0 Å². The summed E-state index contributed by atoms with van der Waals surface area (Å²) in [6.07, 6.45) is 3.46. The van der Waals surface area contributed by atoms with E-state index in [9.17, 15) is 4.79 Å². The molecule has 3 aliphatic rings. The molecule has 0 fully saturated rings. The molecule has 0 saturated carbocycles. The third-order valence-corrected chi connectivity index (χ3v) is 16.8. The molecular weight excluding hydrogens is 973 g/mol. The van der Waals surface area contributed by atoms with Gasteiger partial charge in [-0.05, 0) is 99.1 Å². The van der Waals surface area contributed by atoms with E-state index in [2.05, 4.69) is 308 Å². The summed E-state index contributed by atoms with van der Waals surface area (Å²) in [6, 6.07) is 105. The van der Waals surface area contributed by atoms with E-state index in [4.69, 9.17) is 0 Å². The summed E-state index contributed by atoms with van der Waals surface area (Å²) in [7, 11) is 0. The van der Waals surface area contributed by atoms with Gasteiger partial charge in [0, 0.05) is 27.6 Å². The van der Waals surface area contributed by atoms with Gasteiger partial charge in [0.1, 0.15) is 0 Å². The Kier molecular flexibility index (Phi) is 10.9. The third-order valence-electron chi connectivity index (χ3n) is 16.8. The zero-order valence-corrected chi connectivity index (χ0v) is 43.8. The van der Waals surface area contributed by atoms with Crippen LogP contribution in [0.15, 0.2) is 316 Å². The summed E-state index contributed by atoms with van der Waals surface area (Å²) in [5.74, 6) is -0.176. The molecule has 0 aromatic heterocycles. The summed E-state index contributed by atoms with van der Waals surface area (Å²) in [4.78, 5) is 19.8. The number of carbonyl (C=O) groups excluding carboxylic acids is 1. The van der Waals surface area contributed by atoms with E-state index in [1.807, 2.05) is 16.1 Å². The Hall–Kier alpha value is -10.5. The SMILES string of the molecule is C=C1C=CC(=O)N(c2ccc(N3c4ccccc4C(c4ccccc4)(c4ccccc4)c4ccccc43)c3ccccc23)N1c1ccc(N2c3ccccc3C(c3ccccc3)(c3ccccc3)c3ccccc32)c2ccccc12. The van der Waals surface area contributed by atoms with E-state index in [0.29, 0.717) is 5.70 Å². The van der Waals surface area contributed by atoms with Crippen molar-refractivity contribution < 1.29 is 4.79 Å². The quantitative estimate of drug-likeness (QED) is 0.152. The van der Waals surface area contributed by atoms with Crippen molar-refractivity contribution in [2.75, 3.05) is 19.8 Å². The molecule has 0 atom stereocenters. The molecule has 1 amide bonds. The molecule has 5 heteroatoms. The number of hydrogen-bond donors (Lipinski definition) is 0. The average Bonchev–Trinajstić information content (AvgIpc) is 3.39. The summed E-state index contributed by atoms with van der Waals surface area (Å²) >= 11 is 0. The Bertz CT molecular complexity index is 3980. The highest BCUT2D eigenvalue weighted by molar-refractivity contribution is 6.16. The van der Waals surface area contributed by atoms with Crippen LogP contribution in [0.3, 0.4) is 0 Å². The maximum Gasteiger partial charge on any atom is 0.270 e. The Morgan fingerprint density at radius 2 is 0.512 bits per heavy atom. The van der Waals surface area contributed by atoms with Crippen LogP contribution in [0, 0.1) is 0 Å². The number of nitrogens with zero attached hydrogens (tertiary/aromatic N) is 4. The Morgan fingerprint density at radius 3 is 0.850 bits per heavy atom. The molecule has 80 heavy (non-hydrogen) atoms. The minimum absolute atomic E-state index is 0.176. The van der Waals surface area contributed by atoms with Gasteiger partial charge in [0.05, 0.1) is 62.0 Å². The Morgan fingerprint density at radius 1 is 0.250 bits per heavy atom. The number of rotatable bonds is 8. The molecule has 0 unspecified atom stereocenters. The molecule has 5 nitrogen and oxygen atoms in total. The zero-order chi connectivity index (χ0) is 53.4. The van der Waals surface area contributed by atoms with E-state index in [1.165, 1.54) is 44.5 Å². The van der Waals surface area contributed by atoms with E-state index in [1.54, 1.807) is 6.08 Å². The number of amides is 1. The number of hydrazine groups is 1. The molecule has 0 aliphatic carbocycles. The van der Waals surface area contributed by atoms with Crippen LogP contribution >= 0.6 is 0 Å². The fraction of sp³-hybridized carbons (Fsp3) is 0.0267. The highest BCUT2D eigenvalue weighted by Crippen LogP contribution is 2.61. The fourth-order valence-electron chi connectivity index (χ4n) is 13.7. The molecule has 12 aromatic carbocycles. The van der Waals surface area contributed by atoms with Gasteiger partial charge in [-0.1, -0.05) is 249 Å². The number of hydrogen-bond acceptors (Lipinski definition) is 4. The summed E-state index contributed by atoms with van der Waals surface area (Å²) in [5, 5.41) is 7.74. The number of benzene rings is 12. The van der Waals surface area contributed by atoms with Crippen LogP contribution in [0.25, 0.3) is 21.5 Å². The lowest BCUT2D eigenvalue weighted by Gasteiger charge is -2.47. The number of carbonyl (C=O) groups is 1. The first-order valence-electron chi connectivity index (χ1n) is 27.3. The molecule has 15 rings (SSSR count). The molecule has 0 radical (unpaired) electrons. The lowest BCUT2D eigenvalue weighted by Crippen LogP contribution is -2.48. The van der Waals surface area contributed by atoms with Gasteiger partial charge in [0.25, 0.3) is 5.91 Å². The smallest absolute Gasteiger partial charge is 0.270 e. The van der Waals surface area contributed by atoms with E-state index in [-0.39, 0.29) is 5.91 Å². The van der Waals surface area contributed by atoms with E-state index < -0.39 is 10.8 Å². The number of para-hydroxylation sites is 4. The molecule has 0 bridgehead atoms. The number of allylic oxidation sites excluding steroid dienone is 1. The number of anilines is 8. The van der Waals surface area contributed by atoms with Gasteiger partial charge in [-0.2, -0.15) is 0 Å². The molecule has 0 N–H and O–H groups in total. The molecule has 0 spiro atoms. The topological polar surface area (TPSA) is 30.0 Å². The summed E-state index contributed by atoms with van der Waals surface area (Å²) < 4.78 is 0. The van der Waals surface area contributed by atoms with Gasteiger partial charge in [-0.25, -0.2) is 10.0 Å². The second-order valence-electron chi connectivity index (χ2n) is 20.8. The van der Waals surface area contributed by atoms with Gasteiger partial charge in [0.2, 0.25) is 0 Å². The largest absolute Gasteiger partial charge is 0.309 e. The van der Waals surface area contributed by atoms with Crippen molar-refractivity contribution in [2.45, 2.75) is 10.8 Å². The lowest BCUT2D eigenvalue weighted by molar-refractivity contribution is -0.114. The molecule has 3 aliphatic heterocycles. The fourth-order valence-corrected chi connectivity index (χ4v) is 13.7. The predicted octanol–water partition coefficient (Wildman–Crippen LogP) is 18.2. The van der Waals surface area contributed by atoms with Gasteiger partial charge in [-0.15, -0.1) is 0 Å². The molecule has 12 aromatic rings. The van der Waals surface area contributed by atoms with E-state index in [0.717, 1.165) is 67.0 Å².